The molecule has 0 fully saturated rings. The van der Waals surface area contributed by atoms with Crippen LogP contribution in [0.15, 0.2) is 0 Å². The van der Waals surface area contributed by atoms with Crippen molar-refractivity contribution in [2.24, 2.45) is 0 Å². The summed E-state index contributed by atoms with van der Waals surface area (Å²) in [6, 6.07) is 0. The molecule has 0 amide bonds. The van der Waals surface area contributed by atoms with Gasteiger partial charge in [-0.3, -0.25) is 0 Å². The molecule has 0 radical (unpaired) electrons. The molecule has 5 heteroatoms. The molecule has 10 heavy (non-hydrogen) atoms. The van der Waals surface area contributed by atoms with E-state index in [4.69, 9.17) is 0 Å². The van der Waals surface area contributed by atoms with Crippen molar-refractivity contribution in [3.8, 4) is 0 Å². The van der Waals surface area contributed by atoms with E-state index in [1.54, 1.807) is 6.92 Å². The molecular formula is C5H10O4S. The molecule has 0 aliphatic rings. The Morgan fingerprint density at radius 1 is 1.40 bits per heavy atom. The average Bonchev–Trinajstić information content (AvgIpc) is 1.89. The van der Waals surface area contributed by atoms with Crippen molar-refractivity contribution in [2.45, 2.75) is 13.8 Å². The standard InChI is InChI=1S/C5H10O4S/c1-3-9-5(6)10(7,8)4-2/h3-4H2,1-2H3. The molecule has 0 rings (SSSR count). The van der Waals surface area contributed by atoms with Crippen molar-refractivity contribution in [1.82, 2.24) is 0 Å². The Hall–Kier alpha value is -0.580. The van der Waals surface area contributed by atoms with Crippen molar-refractivity contribution < 1.29 is 17.9 Å². The first-order chi connectivity index (χ1) is 4.54. The van der Waals surface area contributed by atoms with Gasteiger partial charge in [0.15, 0.2) is 0 Å². The first-order valence-corrected chi connectivity index (χ1v) is 4.59. The maximum atomic E-state index is 10.6. The number of rotatable bonds is 2. The second-order valence-corrected chi connectivity index (χ2v) is 3.73. The van der Waals surface area contributed by atoms with Crippen molar-refractivity contribution in [3.63, 3.8) is 0 Å². The van der Waals surface area contributed by atoms with Gasteiger partial charge >= 0.3 is 5.30 Å². The van der Waals surface area contributed by atoms with Gasteiger partial charge in [-0.25, -0.2) is 13.2 Å². The lowest BCUT2D eigenvalue weighted by Crippen LogP contribution is -2.17. The highest BCUT2D eigenvalue weighted by molar-refractivity contribution is 8.05. The third kappa shape index (κ3) is 2.34. The minimum atomic E-state index is -3.62. The maximum Gasteiger partial charge on any atom is 0.424 e. The highest BCUT2D eigenvalue weighted by Gasteiger charge is 2.20. The largest absolute Gasteiger partial charge is 0.454 e. The Kier molecular flexibility index (Phi) is 3.35. The molecule has 0 spiro atoms. The Labute approximate surface area is 60.1 Å². The molecule has 0 atom stereocenters. The van der Waals surface area contributed by atoms with Crippen molar-refractivity contribution in [3.05, 3.63) is 0 Å². The van der Waals surface area contributed by atoms with Crippen LogP contribution >= 0.6 is 0 Å². The normalized spacial score (nSPS) is 11.0. The van der Waals surface area contributed by atoms with Gasteiger partial charge in [0.05, 0.1) is 12.4 Å². The molecule has 0 heterocycles. The van der Waals surface area contributed by atoms with E-state index in [-0.39, 0.29) is 12.4 Å². The van der Waals surface area contributed by atoms with E-state index >= 15 is 0 Å². The van der Waals surface area contributed by atoms with Crippen LogP contribution in [-0.2, 0) is 14.6 Å². The van der Waals surface area contributed by atoms with Crippen LogP contribution in [0.1, 0.15) is 13.8 Å². The lowest BCUT2D eigenvalue weighted by atomic mass is 10.9. The zero-order chi connectivity index (χ0) is 8.20. The minimum absolute atomic E-state index is 0.0953. The molecule has 0 aromatic rings. The zero-order valence-electron chi connectivity index (χ0n) is 5.96. The first-order valence-electron chi connectivity index (χ1n) is 2.94. The van der Waals surface area contributed by atoms with E-state index in [0.717, 1.165) is 0 Å². The average molecular weight is 166 g/mol. The number of hydrogen-bond donors (Lipinski definition) is 0. The summed E-state index contributed by atoms with van der Waals surface area (Å²) in [6.07, 6.45) is 0. The Balaban J connectivity index is 4.21. The Morgan fingerprint density at radius 2 is 1.90 bits per heavy atom. The van der Waals surface area contributed by atoms with Crippen LogP contribution in [0.2, 0.25) is 0 Å². The van der Waals surface area contributed by atoms with Crippen molar-refractivity contribution >= 4 is 15.1 Å². The van der Waals surface area contributed by atoms with Gasteiger partial charge in [-0.1, -0.05) is 6.92 Å². The van der Waals surface area contributed by atoms with Gasteiger partial charge in [-0.05, 0) is 6.92 Å². The summed E-state index contributed by atoms with van der Waals surface area (Å²) in [7, 11) is -3.62. The summed E-state index contributed by atoms with van der Waals surface area (Å²) in [5, 5.41) is -1.13. The number of sulfone groups is 1. The third-order valence-electron chi connectivity index (χ3n) is 0.896. The monoisotopic (exact) mass is 166 g/mol. The van der Waals surface area contributed by atoms with E-state index in [1.807, 2.05) is 0 Å². The van der Waals surface area contributed by atoms with Crippen LogP contribution in [0.5, 0.6) is 0 Å². The van der Waals surface area contributed by atoms with Gasteiger partial charge in [0, 0.05) is 0 Å². The maximum absolute atomic E-state index is 10.6. The van der Waals surface area contributed by atoms with Crippen LogP contribution in [0.3, 0.4) is 0 Å². The summed E-state index contributed by atoms with van der Waals surface area (Å²) in [5.41, 5.74) is 0. The van der Waals surface area contributed by atoms with Gasteiger partial charge < -0.3 is 4.74 Å². The van der Waals surface area contributed by atoms with E-state index in [0.29, 0.717) is 0 Å². The quantitative estimate of drug-likeness (QED) is 0.563. The van der Waals surface area contributed by atoms with Crippen LogP contribution < -0.4 is 0 Å². The molecule has 60 valence electrons. The number of hydrogen-bond acceptors (Lipinski definition) is 4. The fourth-order valence-electron chi connectivity index (χ4n) is 0.325. The van der Waals surface area contributed by atoms with E-state index in [2.05, 4.69) is 4.74 Å². The van der Waals surface area contributed by atoms with Crippen LogP contribution in [-0.4, -0.2) is 26.1 Å². The van der Waals surface area contributed by atoms with Crippen molar-refractivity contribution in [1.29, 1.82) is 0 Å². The van der Waals surface area contributed by atoms with Gasteiger partial charge in [0.2, 0.25) is 9.84 Å². The van der Waals surface area contributed by atoms with E-state index < -0.39 is 15.1 Å². The summed E-state index contributed by atoms with van der Waals surface area (Å²) >= 11 is 0. The summed E-state index contributed by atoms with van der Waals surface area (Å²) in [4.78, 5) is 10.5. The third-order valence-corrected chi connectivity index (χ3v) is 2.28. The van der Waals surface area contributed by atoms with E-state index in [1.165, 1.54) is 6.92 Å². The molecule has 0 aliphatic heterocycles. The van der Waals surface area contributed by atoms with Crippen LogP contribution in [0.25, 0.3) is 0 Å². The molecule has 0 bridgehead atoms. The van der Waals surface area contributed by atoms with Crippen LogP contribution in [0, 0.1) is 0 Å². The minimum Gasteiger partial charge on any atom is -0.454 e. The predicted molar refractivity (Wildman–Crippen MR) is 36.5 cm³/mol. The first kappa shape index (κ1) is 9.42. The molecule has 0 saturated heterocycles. The van der Waals surface area contributed by atoms with E-state index in [9.17, 15) is 13.2 Å². The number of carbonyl (C=O) groups excluding carboxylic acids is 1. The fourth-order valence-corrected chi connectivity index (χ4v) is 0.859. The summed E-state index contributed by atoms with van der Waals surface area (Å²) in [6.45, 7) is 3.05. The molecule has 0 aromatic heterocycles. The number of ether oxygens (including phenoxy) is 1. The second-order valence-electron chi connectivity index (χ2n) is 1.59. The predicted octanol–water partition coefficient (Wildman–Crippen LogP) is 0.578. The van der Waals surface area contributed by atoms with Gasteiger partial charge in [0.25, 0.3) is 0 Å². The Morgan fingerprint density at radius 3 is 2.20 bits per heavy atom. The molecular weight excluding hydrogens is 156 g/mol. The number of carbonyl (C=O) groups is 1. The highest BCUT2D eigenvalue weighted by Crippen LogP contribution is 1.94. The topological polar surface area (TPSA) is 60.4 Å². The van der Waals surface area contributed by atoms with Crippen LogP contribution in [0.4, 0.5) is 4.79 Å². The molecule has 0 aliphatic carbocycles. The fraction of sp³-hybridized carbons (Fsp3) is 0.800. The molecule has 0 aromatic carbocycles. The second kappa shape index (κ2) is 3.55. The summed E-state index contributed by atoms with van der Waals surface area (Å²) < 4.78 is 25.5. The van der Waals surface area contributed by atoms with Gasteiger partial charge in [-0.15, -0.1) is 0 Å². The van der Waals surface area contributed by atoms with Crippen molar-refractivity contribution in [2.75, 3.05) is 12.4 Å². The van der Waals surface area contributed by atoms with Gasteiger partial charge in [0.1, 0.15) is 0 Å². The summed E-state index contributed by atoms with van der Waals surface area (Å²) in [5.74, 6) is -0.203. The zero-order valence-corrected chi connectivity index (χ0v) is 6.77. The SMILES string of the molecule is CCOC(=O)S(=O)(=O)CC. The lowest BCUT2D eigenvalue weighted by Gasteiger charge is -1.98. The van der Waals surface area contributed by atoms with Gasteiger partial charge in [-0.2, -0.15) is 0 Å². The molecule has 0 N–H and O–H groups in total. The molecule has 4 nitrogen and oxygen atoms in total. The lowest BCUT2D eigenvalue weighted by molar-refractivity contribution is 0.178. The highest BCUT2D eigenvalue weighted by atomic mass is 32.2. The molecule has 0 unspecified atom stereocenters. The smallest absolute Gasteiger partial charge is 0.424 e. The Bertz CT molecular complexity index is 204. The molecule has 0 saturated carbocycles.